The van der Waals surface area contributed by atoms with Crippen molar-refractivity contribution in [1.29, 1.82) is 0 Å². The third kappa shape index (κ3) is 8.49. The summed E-state index contributed by atoms with van der Waals surface area (Å²) >= 11 is 0. The Balaban J connectivity index is 1.74. The van der Waals surface area contributed by atoms with Crippen molar-refractivity contribution in [3.05, 3.63) is 94.6 Å². The highest BCUT2D eigenvalue weighted by molar-refractivity contribution is 7.90. The number of alkyl halides is 3. The fraction of sp³-hybridized carbons (Fsp3) is 0.296. The summed E-state index contributed by atoms with van der Waals surface area (Å²) in [7, 11) is -3.00. The van der Waals surface area contributed by atoms with Gasteiger partial charge in [0, 0.05) is 32.0 Å². The van der Waals surface area contributed by atoms with Gasteiger partial charge in [0.2, 0.25) is 0 Å². The van der Waals surface area contributed by atoms with Crippen molar-refractivity contribution in [2.45, 2.75) is 30.6 Å². The Morgan fingerprint density at radius 2 is 1.62 bits per heavy atom. The summed E-state index contributed by atoms with van der Waals surface area (Å²) in [6.07, 6.45) is -3.34. The third-order valence-corrected chi connectivity index (χ3v) is 6.80. The minimum atomic E-state index is -4.49. The van der Waals surface area contributed by atoms with Crippen LogP contribution in [0.4, 0.5) is 22.0 Å². The molecule has 0 saturated heterocycles. The SMILES string of the molecule is COC(=O)c1c(F)cc(OCCCN(Cc2ccc(F)cc2)Cc2cccc(C(F)(F)F)c2)cc1S(C)(=O)=O. The molecule has 0 N–H and O–H groups in total. The second-order valence-corrected chi connectivity index (χ2v) is 10.8. The molecule has 3 aromatic carbocycles. The Hall–Kier alpha value is -3.51. The molecule has 3 aromatic rings. The number of esters is 1. The summed E-state index contributed by atoms with van der Waals surface area (Å²) in [4.78, 5) is 13.2. The summed E-state index contributed by atoms with van der Waals surface area (Å²) in [5, 5.41) is 0. The fourth-order valence-corrected chi connectivity index (χ4v) is 4.76. The predicted molar refractivity (Wildman–Crippen MR) is 133 cm³/mol. The first kappa shape index (κ1) is 30.0. The van der Waals surface area contributed by atoms with Crippen molar-refractivity contribution in [3.8, 4) is 5.75 Å². The van der Waals surface area contributed by atoms with Gasteiger partial charge in [-0.15, -0.1) is 0 Å². The van der Waals surface area contributed by atoms with E-state index in [-0.39, 0.29) is 18.9 Å². The maximum absolute atomic E-state index is 14.6. The van der Waals surface area contributed by atoms with E-state index in [4.69, 9.17) is 4.74 Å². The lowest BCUT2D eigenvalue weighted by molar-refractivity contribution is -0.137. The molecule has 3 rings (SSSR count). The lowest BCUT2D eigenvalue weighted by Crippen LogP contribution is -2.25. The van der Waals surface area contributed by atoms with Gasteiger partial charge in [0.05, 0.1) is 24.2 Å². The quantitative estimate of drug-likeness (QED) is 0.168. The highest BCUT2D eigenvalue weighted by atomic mass is 32.2. The first-order valence-corrected chi connectivity index (χ1v) is 13.5. The summed E-state index contributed by atoms with van der Waals surface area (Å²) in [5.74, 6) is -2.81. The van der Waals surface area contributed by atoms with E-state index in [1.807, 2.05) is 4.90 Å². The van der Waals surface area contributed by atoms with Crippen LogP contribution in [0.25, 0.3) is 0 Å². The lowest BCUT2D eigenvalue weighted by atomic mass is 10.1. The van der Waals surface area contributed by atoms with Gasteiger partial charge >= 0.3 is 12.1 Å². The highest BCUT2D eigenvalue weighted by Crippen LogP contribution is 2.30. The maximum Gasteiger partial charge on any atom is 0.416 e. The Bertz CT molecular complexity index is 1410. The first-order valence-electron chi connectivity index (χ1n) is 11.7. The second-order valence-electron chi connectivity index (χ2n) is 8.78. The van der Waals surface area contributed by atoms with Crippen LogP contribution in [-0.4, -0.2) is 45.8 Å². The van der Waals surface area contributed by atoms with E-state index >= 15 is 0 Å². The molecule has 0 saturated carbocycles. The Labute approximate surface area is 222 Å². The molecule has 12 heteroatoms. The zero-order chi connectivity index (χ0) is 28.8. The molecule has 0 bridgehead atoms. The largest absolute Gasteiger partial charge is 0.493 e. The Morgan fingerprint density at radius 3 is 2.23 bits per heavy atom. The van der Waals surface area contributed by atoms with Gasteiger partial charge in [-0.2, -0.15) is 13.2 Å². The van der Waals surface area contributed by atoms with Crippen molar-refractivity contribution >= 4 is 15.8 Å². The van der Waals surface area contributed by atoms with Gasteiger partial charge in [0.25, 0.3) is 0 Å². The molecule has 0 amide bonds. The standard InChI is InChI=1S/C27H26F5NO5S/c1-37-26(34)25-23(29)14-22(15-24(25)39(2,35)36)38-12-4-11-33(16-18-7-9-21(28)10-8-18)17-19-5-3-6-20(13-19)27(30,31)32/h3,5-10,13-15H,4,11-12,16-17H2,1-2H3. The number of carbonyl (C=O) groups is 1. The Kier molecular flexibility index (Phi) is 9.68. The van der Waals surface area contributed by atoms with E-state index < -0.39 is 49.6 Å². The molecule has 0 fully saturated rings. The number of nitrogens with zero attached hydrogens (tertiary/aromatic N) is 1. The number of carbonyl (C=O) groups excluding carboxylic acids is 1. The number of hydrogen-bond acceptors (Lipinski definition) is 6. The molecule has 0 aromatic heterocycles. The summed E-state index contributed by atoms with van der Waals surface area (Å²) in [6, 6.07) is 12.6. The average molecular weight is 572 g/mol. The first-order chi connectivity index (χ1) is 18.3. The van der Waals surface area contributed by atoms with Crippen LogP contribution < -0.4 is 4.74 Å². The van der Waals surface area contributed by atoms with Crippen molar-refractivity contribution in [1.82, 2.24) is 4.90 Å². The van der Waals surface area contributed by atoms with Crippen LogP contribution in [0.1, 0.15) is 33.5 Å². The van der Waals surface area contributed by atoms with Crippen LogP contribution in [-0.2, 0) is 33.8 Å². The van der Waals surface area contributed by atoms with Gasteiger partial charge in [0.1, 0.15) is 22.9 Å². The summed E-state index contributed by atoms with van der Waals surface area (Å²) < 4.78 is 102. The molecule has 0 radical (unpaired) electrons. The number of hydrogen-bond donors (Lipinski definition) is 0. The van der Waals surface area contributed by atoms with E-state index in [0.717, 1.165) is 43.2 Å². The number of halogens is 5. The molecule has 0 unspecified atom stereocenters. The highest BCUT2D eigenvalue weighted by Gasteiger charge is 2.30. The number of methoxy groups -OCH3 is 1. The van der Waals surface area contributed by atoms with Gasteiger partial charge in [-0.3, -0.25) is 4.90 Å². The summed E-state index contributed by atoms with van der Waals surface area (Å²) in [5.41, 5.74) is -0.336. The average Bonchev–Trinajstić information content (AvgIpc) is 2.86. The molecule has 0 spiro atoms. The topological polar surface area (TPSA) is 72.9 Å². The third-order valence-electron chi connectivity index (χ3n) is 5.68. The van der Waals surface area contributed by atoms with Crippen molar-refractivity contribution in [2.75, 3.05) is 26.5 Å². The van der Waals surface area contributed by atoms with Crippen LogP contribution in [0.3, 0.4) is 0 Å². The van der Waals surface area contributed by atoms with Crippen LogP contribution in [0.2, 0.25) is 0 Å². The number of benzene rings is 3. The minimum absolute atomic E-state index is 0.00270. The minimum Gasteiger partial charge on any atom is -0.493 e. The van der Waals surface area contributed by atoms with Gasteiger partial charge in [0.15, 0.2) is 9.84 Å². The monoisotopic (exact) mass is 571 g/mol. The molecule has 0 aliphatic rings. The summed E-state index contributed by atoms with van der Waals surface area (Å²) in [6.45, 7) is 0.789. The van der Waals surface area contributed by atoms with E-state index in [1.165, 1.54) is 18.2 Å². The van der Waals surface area contributed by atoms with Crippen molar-refractivity contribution in [3.63, 3.8) is 0 Å². The number of rotatable bonds is 11. The molecular formula is C27H26F5NO5S. The number of ether oxygens (including phenoxy) is 2. The lowest BCUT2D eigenvalue weighted by Gasteiger charge is -2.23. The molecule has 6 nitrogen and oxygen atoms in total. The molecule has 0 atom stereocenters. The van der Waals surface area contributed by atoms with E-state index in [2.05, 4.69) is 4.74 Å². The molecular weight excluding hydrogens is 545 g/mol. The maximum atomic E-state index is 14.6. The smallest absolute Gasteiger partial charge is 0.416 e. The van der Waals surface area contributed by atoms with Crippen molar-refractivity contribution in [2.24, 2.45) is 0 Å². The van der Waals surface area contributed by atoms with Crippen LogP contribution in [0.15, 0.2) is 65.6 Å². The van der Waals surface area contributed by atoms with E-state index in [9.17, 15) is 35.2 Å². The number of sulfone groups is 1. The molecule has 210 valence electrons. The van der Waals surface area contributed by atoms with Gasteiger partial charge in [-0.25, -0.2) is 22.0 Å². The Morgan fingerprint density at radius 1 is 0.949 bits per heavy atom. The fourth-order valence-electron chi connectivity index (χ4n) is 3.88. The molecule has 0 aliphatic carbocycles. The van der Waals surface area contributed by atoms with E-state index in [0.29, 0.717) is 25.1 Å². The van der Waals surface area contributed by atoms with Gasteiger partial charge in [-0.1, -0.05) is 30.3 Å². The molecule has 0 aliphatic heterocycles. The van der Waals surface area contributed by atoms with Crippen LogP contribution >= 0.6 is 0 Å². The normalized spacial score (nSPS) is 12.0. The van der Waals surface area contributed by atoms with Crippen molar-refractivity contribution < 1.29 is 44.6 Å². The predicted octanol–water partition coefficient (Wildman–Crippen LogP) is 5.65. The van der Waals surface area contributed by atoms with Gasteiger partial charge < -0.3 is 9.47 Å². The zero-order valence-corrected chi connectivity index (χ0v) is 21.9. The zero-order valence-electron chi connectivity index (χ0n) is 21.1. The molecule has 0 heterocycles. The molecule has 39 heavy (non-hydrogen) atoms. The van der Waals surface area contributed by atoms with E-state index in [1.54, 1.807) is 18.2 Å². The second kappa shape index (κ2) is 12.6. The van der Waals surface area contributed by atoms with Crippen LogP contribution in [0.5, 0.6) is 5.75 Å². The van der Waals surface area contributed by atoms with Crippen LogP contribution in [0, 0.1) is 11.6 Å². The van der Waals surface area contributed by atoms with Gasteiger partial charge in [-0.05, 0) is 41.8 Å².